The maximum absolute atomic E-state index is 13.1. The summed E-state index contributed by atoms with van der Waals surface area (Å²) in [6.45, 7) is 7.33. The molecule has 0 radical (unpaired) electrons. The quantitative estimate of drug-likeness (QED) is 0.782. The molecule has 0 spiro atoms. The number of nitrogens with one attached hydrogen (secondary N) is 2. The van der Waals surface area contributed by atoms with Gasteiger partial charge in [0.05, 0.1) is 17.5 Å². The Hall–Kier alpha value is -1.73. The van der Waals surface area contributed by atoms with E-state index in [9.17, 15) is 22.8 Å². The van der Waals surface area contributed by atoms with Crippen molar-refractivity contribution in [3.63, 3.8) is 0 Å². The Morgan fingerprint density at radius 3 is 2.00 bits per heavy atom. The number of hydrogen-bond donors (Lipinski definition) is 2. The third-order valence-corrected chi connectivity index (χ3v) is 2.62. The van der Waals surface area contributed by atoms with Crippen molar-refractivity contribution in [1.29, 1.82) is 0 Å². The van der Waals surface area contributed by atoms with E-state index in [2.05, 4.69) is 10.6 Å². The van der Waals surface area contributed by atoms with Crippen molar-refractivity contribution in [3.8, 4) is 0 Å². The summed E-state index contributed by atoms with van der Waals surface area (Å²) in [5.74, 6) is -1.53. The first-order valence-corrected chi connectivity index (χ1v) is 6.78. The average molecular weight is 324 g/mol. The average Bonchev–Trinajstić information content (AvgIpc) is 2.30. The van der Waals surface area contributed by atoms with E-state index in [1.54, 1.807) is 20.8 Å². The molecule has 0 aliphatic carbocycles. The molecular weight excluding hydrogens is 301 g/mol. The summed E-state index contributed by atoms with van der Waals surface area (Å²) in [5.41, 5.74) is -1.82. The number of amides is 2. The number of alkyl carbamates (subject to hydrolysis) is 1. The van der Waals surface area contributed by atoms with Crippen LogP contribution in [0.4, 0.5) is 18.0 Å². The van der Waals surface area contributed by atoms with Crippen molar-refractivity contribution >= 4 is 12.0 Å². The van der Waals surface area contributed by atoms with Crippen molar-refractivity contribution in [2.45, 2.75) is 52.4 Å². The molecule has 0 aromatic rings. The molecule has 0 aromatic heterocycles. The lowest BCUT2D eigenvalue weighted by atomic mass is 10.0. The summed E-state index contributed by atoms with van der Waals surface area (Å²) in [4.78, 5) is 22.9. The second kappa shape index (κ2) is 7.51. The van der Waals surface area contributed by atoms with E-state index in [0.717, 1.165) is 6.08 Å². The Bertz CT molecular complexity index is 440. The van der Waals surface area contributed by atoms with Crippen LogP contribution in [0.25, 0.3) is 0 Å². The van der Waals surface area contributed by atoms with E-state index < -0.39 is 41.3 Å². The molecule has 2 amide bonds. The van der Waals surface area contributed by atoms with Gasteiger partial charge in [0.2, 0.25) is 5.91 Å². The fourth-order valence-electron chi connectivity index (χ4n) is 1.62. The molecule has 0 saturated carbocycles. The number of carbonyl (C=O) groups is 2. The van der Waals surface area contributed by atoms with Crippen molar-refractivity contribution in [2.75, 3.05) is 7.05 Å². The van der Waals surface area contributed by atoms with Crippen LogP contribution < -0.4 is 10.6 Å². The lowest BCUT2D eigenvalue weighted by Gasteiger charge is -2.24. The summed E-state index contributed by atoms with van der Waals surface area (Å²) < 4.78 is 44.2. The monoisotopic (exact) mass is 324 g/mol. The molecule has 0 bridgehead atoms. The molecule has 0 aliphatic rings. The van der Waals surface area contributed by atoms with Crippen LogP contribution in [-0.2, 0) is 9.53 Å². The van der Waals surface area contributed by atoms with Crippen LogP contribution in [0.2, 0.25) is 0 Å². The molecule has 5 nitrogen and oxygen atoms in total. The molecule has 0 fully saturated rings. The van der Waals surface area contributed by atoms with Crippen LogP contribution in [0.3, 0.4) is 0 Å². The topological polar surface area (TPSA) is 67.4 Å². The van der Waals surface area contributed by atoms with E-state index in [0.29, 0.717) is 0 Å². The predicted octanol–water partition coefficient (Wildman–Crippen LogP) is 2.77. The van der Waals surface area contributed by atoms with Gasteiger partial charge in [-0.25, -0.2) is 4.79 Å². The molecule has 0 saturated heterocycles. The van der Waals surface area contributed by atoms with Crippen LogP contribution in [0.1, 0.15) is 34.6 Å². The molecule has 0 aromatic carbocycles. The fourth-order valence-corrected chi connectivity index (χ4v) is 1.62. The van der Waals surface area contributed by atoms with Gasteiger partial charge in [0, 0.05) is 7.05 Å². The van der Waals surface area contributed by atoms with Crippen LogP contribution in [0.5, 0.6) is 0 Å². The summed E-state index contributed by atoms with van der Waals surface area (Å²) in [5, 5.41) is 4.39. The second-order valence-corrected chi connectivity index (χ2v) is 5.89. The first-order chi connectivity index (χ1) is 9.77. The lowest BCUT2D eigenvalue weighted by molar-refractivity contribution is -0.122. The smallest absolute Gasteiger partial charge is 0.414 e. The van der Waals surface area contributed by atoms with Crippen molar-refractivity contribution < 1.29 is 27.5 Å². The summed E-state index contributed by atoms with van der Waals surface area (Å²) >= 11 is 0. The fraction of sp³-hybridized carbons (Fsp3) is 0.714. The number of alkyl halides is 3. The van der Waals surface area contributed by atoms with Crippen molar-refractivity contribution in [1.82, 2.24) is 10.6 Å². The van der Waals surface area contributed by atoms with Gasteiger partial charge in [0.15, 0.2) is 0 Å². The number of carbonyl (C=O) groups excluding carboxylic acids is 2. The van der Waals surface area contributed by atoms with E-state index in [-0.39, 0.29) is 0 Å². The van der Waals surface area contributed by atoms with Gasteiger partial charge < -0.3 is 15.4 Å². The van der Waals surface area contributed by atoms with Gasteiger partial charge in [0.25, 0.3) is 0 Å². The number of ether oxygens (including phenoxy) is 1. The normalized spacial score (nSPS) is 15.8. The van der Waals surface area contributed by atoms with Crippen molar-refractivity contribution in [3.05, 3.63) is 11.6 Å². The Kier molecular flexibility index (Phi) is 6.92. The van der Waals surface area contributed by atoms with Gasteiger partial charge in [-0.15, -0.1) is 0 Å². The summed E-state index contributed by atoms with van der Waals surface area (Å²) in [7, 11) is 1.34. The second-order valence-electron chi connectivity index (χ2n) is 5.89. The Morgan fingerprint density at radius 1 is 1.14 bits per heavy atom. The first-order valence-electron chi connectivity index (χ1n) is 6.78. The highest BCUT2D eigenvalue weighted by Crippen LogP contribution is 2.29. The van der Waals surface area contributed by atoms with Crippen molar-refractivity contribution in [2.24, 2.45) is 5.92 Å². The van der Waals surface area contributed by atoms with Gasteiger partial charge in [-0.2, -0.15) is 13.2 Å². The molecule has 0 heterocycles. The minimum Gasteiger partial charge on any atom is -0.444 e. The number of rotatable bonds is 4. The first kappa shape index (κ1) is 20.3. The molecular formula is C14H23F3N2O3. The highest BCUT2D eigenvalue weighted by atomic mass is 19.4. The Labute approximate surface area is 128 Å². The molecule has 2 atom stereocenters. The van der Waals surface area contributed by atoms with Crippen LogP contribution in [-0.4, -0.2) is 36.9 Å². The van der Waals surface area contributed by atoms with Crippen LogP contribution in [0, 0.1) is 5.92 Å². The number of hydrogen-bond acceptors (Lipinski definition) is 3. The maximum atomic E-state index is 13.1. The SMILES string of the molecule is CNC(=O)[C@@H](C)/C=C(/[C@H](C)NC(=O)OC(C)(C)C)C(F)(F)F. The Morgan fingerprint density at radius 2 is 1.64 bits per heavy atom. The molecule has 0 unspecified atom stereocenters. The zero-order valence-corrected chi connectivity index (χ0v) is 13.6. The van der Waals surface area contributed by atoms with Gasteiger partial charge in [0.1, 0.15) is 5.60 Å². The van der Waals surface area contributed by atoms with Gasteiger partial charge in [-0.1, -0.05) is 13.0 Å². The highest BCUT2D eigenvalue weighted by molar-refractivity contribution is 5.79. The van der Waals surface area contributed by atoms with Gasteiger partial charge in [-0.05, 0) is 27.7 Å². The predicted molar refractivity (Wildman–Crippen MR) is 76.2 cm³/mol. The van der Waals surface area contributed by atoms with E-state index in [1.165, 1.54) is 20.9 Å². The third kappa shape index (κ3) is 7.33. The van der Waals surface area contributed by atoms with E-state index >= 15 is 0 Å². The molecule has 8 heteroatoms. The molecule has 128 valence electrons. The molecule has 2 N–H and O–H groups in total. The maximum Gasteiger partial charge on any atom is 0.414 e. The standard InChI is InChI=1S/C14H23F3N2O3/c1-8(11(20)18-6)7-10(14(15,16)17)9(2)19-12(21)22-13(3,4)5/h7-9H,1-6H3,(H,18,20)(H,19,21)/b10-7-/t8-,9-/m0/s1. The molecule has 0 aliphatic heterocycles. The lowest BCUT2D eigenvalue weighted by Crippen LogP contribution is -2.41. The zero-order valence-electron chi connectivity index (χ0n) is 13.6. The van der Waals surface area contributed by atoms with Gasteiger partial charge in [-0.3, -0.25) is 4.79 Å². The summed E-state index contributed by atoms with van der Waals surface area (Å²) in [6.07, 6.45) is -4.83. The zero-order chi connectivity index (χ0) is 17.7. The van der Waals surface area contributed by atoms with Crippen LogP contribution >= 0.6 is 0 Å². The number of halogens is 3. The van der Waals surface area contributed by atoms with Gasteiger partial charge >= 0.3 is 12.3 Å². The third-order valence-electron chi connectivity index (χ3n) is 2.62. The largest absolute Gasteiger partial charge is 0.444 e. The minimum atomic E-state index is -4.67. The molecule has 22 heavy (non-hydrogen) atoms. The summed E-state index contributed by atoms with van der Waals surface area (Å²) in [6, 6.07) is -1.35. The minimum absolute atomic E-state index is 0.550. The van der Waals surface area contributed by atoms with E-state index in [1.807, 2.05) is 0 Å². The van der Waals surface area contributed by atoms with Crippen LogP contribution in [0.15, 0.2) is 11.6 Å². The highest BCUT2D eigenvalue weighted by Gasteiger charge is 2.38. The van der Waals surface area contributed by atoms with E-state index in [4.69, 9.17) is 4.74 Å². The molecule has 0 rings (SSSR count). The Balaban J connectivity index is 5.18.